The molecule has 7 heteroatoms. The predicted molar refractivity (Wildman–Crippen MR) is 116 cm³/mol. The van der Waals surface area contributed by atoms with Gasteiger partial charge >= 0.3 is 0 Å². The van der Waals surface area contributed by atoms with Gasteiger partial charge in [-0.3, -0.25) is 9.69 Å². The number of aryl methyl sites for hydroxylation is 1. The summed E-state index contributed by atoms with van der Waals surface area (Å²) in [6.45, 7) is 4.84. The molecule has 0 aromatic heterocycles. The molecule has 6 nitrogen and oxygen atoms in total. The van der Waals surface area contributed by atoms with Crippen molar-refractivity contribution >= 4 is 15.9 Å². The van der Waals surface area contributed by atoms with Crippen molar-refractivity contribution in [2.45, 2.75) is 37.2 Å². The van der Waals surface area contributed by atoms with Crippen LogP contribution in [-0.4, -0.2) is 61.2 Å². The zero-order valence-corrected chi connectivity index (χ0v) is 18.2. The minimum atomic E-state index is -3.73. The van der Waals surface area contributed by atoms with Gasteiger partial charge in [0.05, 0.1) is 11.4 Å². The van der Waals surface area contributed by atoms with E-state index in [1.54, 1.807) is 29.2 Å². The number of hydrogen-bond donors (Lipinski definition) is 0. The molecule has 2 fully saturated rings. The summed E-state index contributed by atoms with van der Waals surface area (Å²) in [5.41, 5.74) is 1.82. The van der Waals surface area contributed by atoms with Crippen LogP contribution < -0.4 is 0 Å². The highest BCUT2D eigenvalue weighted by molar-refractivity contribution is 7.89. The maximum Gasteiger partial charge on any atom is 0.245 e. The number of sulfonamides is 1. The number of benzene rings is 2. The summed E-state index contributed by atoms with van der Waals surface area (Å²) >= 11 is 0. The Kier molecular flexibility index (Phi) is 6.22. The number of nitrogens with zero attached hydrogens (tertiary/aromatic N) is 3. The minimum Gasteiger partial charge on any atom is -0.319 e. The SMILES string of the molecule is Cc1ccc(S(=O)(=O)N2CCN(C(=O)CN3CCCCC3)[C@H]2c2ccccc2)cc1. The first kappa shape index (κ1) is 21.0. The van der Waals surface area contributed by atoms with Crippen molar-refractivity contribution in [2.24, 2.45) is 0 Å². The van der Waals surface area contributed by atoms with Crippen molar-refractivity contribution in [3.63, 3.8) is 0 Å². The van der Waals surface area contributed by atoms with Crippen molar-refractivity contribution in [3.05, 3.63) is 65.7 Å². The Morgan fingerprint density at radius 1 is 0.900 bits per heavy atom. The van der Waals surface area contributed by atoms with E-state index in [4.69, 9.17) is 0 Å². The van der Waals surface area contributed by atoms with E-state index in [0.717, 1.165) is 37.1 Å². The third kappa shape index (κ3) is 4.29. The Hall–Kier alpha value is -2.22. The lowest BCUT2D eigenvalue weighted by atomic mass is 10.1. The number of carbonyl (C=O) groups is 1. The normalized spacial score (nSPS) is 21.1. The van der Waals surface area contributed by atoms with Gasteiger partial charge in [0.1, 0.15) is 6.17 Å². The molecule has 2 aliphatic heterocycles. The molecule has 160 valence electrons. The molecule has 0 spiro atoms. The highest BCUT2D eigenvalue weighted by Gasteiger charge is 2.43. The summed E-state index contributed by atoms with van der Waals surface area (Å²) in [6.07, 6.45) is 2.82. The predicted octanol–water partition coefficient (Wildman–Crippen LogP) is 3.01. The fourth-order valence-corrected chi connectivity index (χ4v) is 5.91. The summed E-state index contributed by atoms with van der Waals surface area (Å²) in [7, 11) is -3.73. The van der Waals surface area contributed by atoms with E-state index in [9.17, 15) is 13.2 Å². The summed E-state index contributed by atoms with van der Waals surface area (Å²) in [4.78, 5) is 17.4. The smallest absolute Gasteiger partial charge is 0.245 e. The molecule has 2 saturated heterocycles. The fourth-order valence-electron chi connectivity index (χ4n) is 4.34. The molecular weight excluding hydrogens is 398 g/mol. The van der Waals surface area contributed by atoms with E-state index >= 15 is 0 Å². The molecule has 1 amide bonds. The van der Waals surface area contributed by atoms with Crippen LogP contribution >= 0.6 is 0 Å². The largest absolute Gasteiger partial charge is 0.319 e. The van der Waals surface area contributed by atoms with E-state index in [1.165, 1.54) is 10.7 Å². The van der Waals surface area contributed by atoms with Crippen molar-refractivity contribution in [1.29, 1.82) is 0 Å². The quantitative estimate of drug-likeness (QED) is 0.736. The maximum absolute atomic E-state index is 13.5. The Bertz CT molecular complexity index is 971. The van der Waals surface area contributed by atoms with E-state index in [1.807, 2.05) is 37.3 Å². The van der Waals surface area contributed by atoms with Crippen LogP contribution in [0.1, 0.15) is 36.6 Å². The Morgan fingerprint density at radius 2 is 1.57 bits per heavy atom. The molecule has 2 aromatic rings. The lowest BCUT2D eigenvalue weighted by Gasteiger charge is -2.32. The van der Waals surface area contributed by atoms with E-state index in [0.29, 0.717) is 19.6 Å². The Labute approximate surface area is 179 Å². The van der Waals surface area contributed by atoms with Gasteiger partial charge < -0.3 is 4.90 Å². The molecule has 2 aliphatic rings. The van der Waals surface area contributed by atoms with E-state index in [2.05, 4.69) is 4.90 Å². The molecular formula is C23H29N3O3S. The molecule has 0 saturated carbocycles. The minimum absolute atomic E-state index is 0.00707. The van der Waals surface area contributed by atoms with Crippen molar-refractivity contribution < 1.29 is 13.2 Å². The van der Waals surface area contributed by atoms with Crippen LogP contribution in [0.15, 0.2) is 59.5 Å². The zero-order valence-electron chi connectivity index (χ0n) is 17.4. The van der Waals surface area contributed by atoms with Crippen LogP contribution in [0.25, 0.3) is 0 Å². The monoisotopic (exact) mass is 427 g/mol. The second-order valence-electron chi connectivity index (χ2n) is 8.14. The lowest BCUT2D eigenvalue weighted by Crippen LogP contribution is -2.44. The second-order valence-corrected chi connectivity index (χ2v) is 10.0. The molecule has 0 bridgehead atoms. The van der Waals surface area contributed by atoms with Gasteiger partial charge in [-0.25, -0.2) is 8.42 Å². The van der Waals surface area contributed by atoms with Gasteiger partial charge in [-0.2, -0.15) is 4.31 Å². The van der Waals surface area contributed by atoms with Crippen LogP contribution in [-0.2, 0) is 14.8 Å². The maximum atomic E-state index is 13.5. The Balaban J connectivity index is 1.64. The number of carbonyl (C=O) groups excluding carboxylic acids is 1. The highest BCUT2D eigenvalue weighted by Crippen LogP contribution is 2.35. The Morgan fingerprint density at radius 3 is 2.23 bits per heavy atom. The average molecular weight is 428 g/mol. The lowest BCUT2D eigenvalue weighted by molar-refractivity contribution is -0.134. The summed E-state index contributed by atoms with van der Waals surface area (Å²) in [5.74, 6) is -0.00707. The van der Waals surface area contributed by atoms with Crippen LogP contribution in [0.3, 0.4) is 0 Å². The van der Waals surface area contributed by atoms with Crippen molar-refractivity contribution in [2.75, 3.05) is 32.7 Å². The van der Waals surface area contributed by atoms with Gasteiger partial charge in [0.15, 0.2) is 0 Å². The topological polar surface area (TPSA) is 60.9 Å². The molecule has 4 rings (SSSR count). The first-order chi connectivity index (χ1) is 14.5. The van der Waals surface area contributed by atoms with E-state index < -0.39 is 16.2 Å². The molecule has 2 heterocycles. The summed E-state index contributed by atoms with van der Waals surface area (Å²) in [5, 5.41) is 0. The molecule has 0 N–H and O–H groups in total. The first-order valence-corrected chi connectivity index (χ1v) is 12.1. The molecule has 0 radical (unpaired) electrons. The third-order valence-corrected chi connectivity index (χ3v) is 7.85. The van der Waals surface area contributed by atoms with Gasteiger partial charge in [0, 0.05) is 13.1 Å². The van der Waals surface area contributed by atoms with Crippen molar-refractivity contribution in [3.8, 4) is 0 Å². The van der Waals surface area contributed by atoms with Gasteiger partial charge in [-0.1, -0.05) is 54.4 Å². The number of likely N-dealkylation sites (tertiary alicyclic amines) is 1. The number of amides is 1. The molecule has 1 atom stereocenters. The van der Waals surface area contributed by atoms with Crippen LogP contribution in [0, 0.1) is 6.92 Å². The molecule has 0 unspecified atom stereocenters. The van der Waals surface area contributed by atoms with Gasteiger partial charge in [0.2, 0.25) is 15.9 Å². The number of hydrogen-bond acceptors (Lipinski definition) is 4. The molecule has 30 heavy (non-hydrogen) atoms. The van der Waals surface area contributed by atoms with Gasteiger partial charge in [0.25, 0.3) is 0 Å². The average Bonchev–Trinajstić information content (AvgIpc) is 3.22. The first-order valence-electron chi connectivity index (χ1n) is 10.6. The summed E-state index contributed by atoms with van der Waals surface area (Å²) < 4.78 is 28.4. The van der Waals surface area contributed by atoms with Gasteiger partial charge in [-0.15, -0.1) is 0 Å². The fraction of sp³-hybridized carbons (Fsp3) is 0.435. The molecule has 2 aromatic carbocycles. The molecule has 0 aliphatic carbocycles. The number of rotatable bonds is 5. The second kappa shape index (κ2) is 8.88. The summed E-state index contributed by atoms with van der Waals surface area (Å²) in [6, 6.07) is 16.4. The van der Waals surface area contributed by atoms with Gasteiger partial charge in [-0.05, 0) is 50.6 Å². The zero-order chi connectivity index (χ0) is 21.1. The highest BCUT2D eigenvalue weighted by atomic mass is 32.2. The van der Waals surface area contributed by atoms with Crippen LogP contribution in [0.5, 0.6) is 0 Å². The van der Waals surface area contributed by atoms with Crippen LogP contribution in [0.4, 0.5) is 0 Å². The standard InChI is InChI=1S/C23H29N3O3S/c1-19-10-12-21(13-11-19)30(28,29)26-17-16-25(23(26)20-8-4-2-5-9-20)22(27)18-24-14-6-3-7-15-24/h2,4-5,8-13,23H,3,6-7,14-18H2,1H3/t23-/m1/s1. The van der Waals surface area contributed by atoms with Crippen molar-refractivity contribution in [1.82, 2.24) is 14.1 Å². The number of piperidine rings is 1. The third-order valence-electron chi connectivity index (χ3n) is 5.98. The van der Waals surface area contributed by atoms with Crippen LogP contribution in [0.2, 0.25) is 0 Å². The van der Waals surface area contributed by atoms with E-state index in [-0.39, 0.29) is 10.8 Å².